The minimum atomic E-state index is -4.94. The Kier molecular flexibility index (Phi) is 6.72. The summed E-state index contributed by atoms with van der Waals surface area (Å²) in [5.74, 6) is 0.892. The van der Waals surface area contributed by atoms with Gasteiger partial charge in [0.15, 0.2) is 0 Å². The first kappa shape index (κ1) is 20.7. The Morgan fingerprint density at radius 3 is 1.41 bits per heavy atom. The van der Waals surface area contributed by atoms with Crippen molar-refractivity contribution in [3.05, 3.63) is 103 Å². The fourth-order valence-electron chi connectivity index (χ4n) is 2.99. The molecule has 0 saturated heterocycles. The van der Waals surface area contributed by atoms with Crippen molar-refractivity contribution >= 4 is 0 Å². The molecule has 0 N–H and O–H groups in total. The maximum absolute atomic E-state index is 8.49. The molecule has 5 nitrogen and oxygen atoms in total. The fraction of sp³-hybridized carbons (Fsp3) is 0. The van der Waals surface area contributed by atoms with Crippen LogP contribution in [0.3, 0.4) is 0 Å². The summed E-state index contributed by atoms with van der Waals surface area (Å²) in [5.41, 5.74) is 5.71. The summed E-state index contributed by atoms with van der Waals surface area (Å²) in [7, 11) is -4.94. The van der Waals surface area contributed by atoms with Gasteiger partial charge < -0.3 is 0 Å². The van der Waals surface area contributed by atoms with Crippen LogP contribution >= 0.6 is 0 Å². The van der Waals surface area contributed by atoms with Gasteiger partial charge in [0, 0.05) is 11.6 Å². The molecule has 0 saturated carbocycles. The van der Waals surface area contributed by atoms with Crippen LogP contribution in [0.2, 0.25) is 0 Å². The van der Waals surface area contributed by atoms with Crippen LogP contribution in [0.1, 0.15) is 0 Å². The molecule has 0 fully saturated rings. The van der Waals surface area contributed by atoms with Gasteiger partial charge in [-0.3, -0.25) is 0 Å². The zero-order valence-electron chi connectivity index (χ0n) is 15.2. The Labute approximate surface area is 170 Å². The highest BCUT2D eigenvalue weighted by atomic mass is 35.7. The van der Waals surface area contributed by atoms with Crippen molar-refractivity contribution < 1.29 is 33.3 Å². The summed E-state index contributed by atoms with van der Waals surface area (Å²) in [5, 5.41) is 0. The van der Waals surface area contributed by atoms with Gasteiger partial charge in [0.25, 0.3) is 0 Å². The van der Waals surface area contributed by atoms with E-state index in [9.17, 15) is 0 Å². The lowest BCUT2D eigenvalue weighted by atomic mass is 9.92. The molecule has 6 heteroatoms. The van der Waals surface area contributed by atoms with E-state index in [4.69, 9.17) is 23.1 Å². The molecule has 3 aromatic carbocycles. The van der Waals surface area contributed by atoms with Crippen LogP contribution in [0.5, 0.6) is 0 Å². The van der Waals surface area contributed by atoms with Crippen LogP contribution in [-0.4, -0.2) is 0 Å². The number of benzene rings is 3. The smallest absolute Gasteiger partial charge is 0.222 e. The Bertz CT molecular complexity index is 969. The van der Waals surface area contributed by atoms with Gasteiger partial charge in [-0.05, 0) is 23.3 Å². The van der Waals surface area contributed by atoms with Crippen molar-refractivity contribution in [3.63, 3.8) is 0 Å². The van der Waals surface area contributed by atoms with Crippen molar-refractivity contribution in [1.29, 1.82) is 0 Å². The van der Waals surface area contributed by atoms with Crippen LogP contribution in [0, 0.1) is 10.2 Å². The average Bonchev–Trinajstić information content (AvgIpc) is 2.74. The molecule has 0 aliphatic heterocycles. The summed E-state index contributed by atoms with van der Waals surface area (Å²) < 4.78 is 39.9. The van der Waals surface area contributed by atoms with E-state index in [1.54, 1.807) is 6.26 Å². The minimum absolute atomic E-state index is 0.892. The van der Waals surface area contributed by atoms with Gasteiger partial charge in [0.2, 0.25) is 0 Å². The lowest BCUT2D eigenvalue weighted by Gasteiger charge is -2.17. The van der Waals surface area contributed by atoms with Crippen LogP contribution in [-0.2, 0) is 0 Å². The van der Waals surface area contributed by atoms with E-state index in [0.29, 0.717) is 0 Å². The monoisotopic (exact) mass is 408 g/mol. The third kappa shape index (κ3) is 5.96. The average molecular weight is 409 g/mol. The first-order chi connectivity index (χ1) is 13.9. The van der Waals surface area contributed by atoms with Crippen molar-refractivity contribution in [2.24, 2.45) is 0 Å². The standard InChI is InChI=1S/C23H17O.ClHO4/c1-4-10-18(11-5-1)21-16-17-24-23(20-14-8-3-9-15-20)22(21)19-12-6-2-7-13-19;2-1(3,4)5/h1-17H;(H,2,3,4,5)/q+1;/p-1. The van der Waals surface area contributed by atoms with E-state index in [-0.39, 0.29) is 0 Å². The summed E-state index contributed by atoms with van der Waals surface area (Å²) in [6.45, 7) is 0. The molecule has 0 atom stereocenters. The summed E-state index contributed by atoms with van der Waals surface area (Å²) in [6, 6.07) is 33.2. The lowest BCUT2D eigenvalue weighted by molar-refractivity contribution is -2.00. The predicted octanol–water partition coefficient (Wildman–Crippen LogP) is 1.81. The number of rotatable bonds is 3. The maximum atomic E-state index is 8.49. The van der Waals surface area contributed by atoms with E-state index < -0.39 is 10.2 Å². The van der Waals surface area contributed by atoms with E-state index in [1.165, 1.54) is 11.1 Å². The van der Waals surface area contributed by atoms with Crippen LogP contribution < -0.4 is 18.6 Å². The van der Waals surface area contributed by atoms with E-state index >= 15 is 0 Å². The van der Waals surface area contributed by atoms with Crippen molar-refractivity contribution in [3.8, 4) is 33.6 Å². The fourth-order valence-corrected chi connectivity index (χ4v) is 2.99. The zero-order chi connectivity index (χ0) is 20.7. The van der Waals surface area contributed by atoms with Crippen LogP contribution in [0.25, 0.3) is 33.6 Å². The maximum Gasteiger partial charge on any atom is 0.368 e. The first-order valence-corrected chi connectivity index (χ1v) is 9.90. The SMILES string of the molecule is [O-][Cl+3]([O-])([O-])[O-].c1ccc(-c2cc[o+]c(-c3ccccc3)c2-c2ccccc2)cc1. The highest BCUT2D eigenvalue weighted by Crippen LogP contribution is 2.39. The third-order valence-corrected chi connectivity index (χ3v) is 4.10. The largest absolute Gasteiger partial charge is 0.368 e. The van der Waals surface area contributed by atoms with Crippen molar-refractivity contribution in [1.82, 2.24) is 0 Å². The van der Waals surface area contributed by atoms with Gasteiger partial charge in [-0.1, -0.05) is 78.9 Å². The van der Waals surface area contributed by atoms with Crippen LogP contribution in [0.4, 0.5) is 0 Å². The van der Waals surface area contributed by atoms with E-state index in [2.05, 4.69) is 60.7 Å². The predicted molar refractivity (Wildman–Crippen MR) is 99.4 cm³/mol. The van der Waals surface area contributed by atoms with Crippen LogP contribution in [0.15, 0.2) is 108 Å². The molecule has 0 spiro atoms. The van der Waals surface area contributed by atoms with Gasteiger partial charge in [0.1, 0.15) is 0 Å². The second kappa shape index (κ2) is 9.43. The summed E-state index contributed by atoms with van der Waals surface area (Å²) >= 11 is 0. The molecular weight excluding hydrogens is 392 g/mol. The molecule has 4 aromatic rings. The Morgan fingerprint density at radius 2 is 0.931 bits per heavy atom. The first-order valence-electron chi connectivity index (χ1n) is 8.66. The number of hydrogen-bond acceptors (Lipinski definition) is 4. The molecule has 4 rings (SSSR count). The quantitative estimate of drug-likeness (QED) is 0.481. The molecule has 0 bridgehead atoms. The highest BCUT2D eigenvalue weighted by Gasteiger charge is 2.23. The summed E-state index contributed by atoms with van der Waals surface area (Å²) in [4.78, 5) is 0. The molecule has 29 heavy (non-hydrogen) atoms. The molecule has 146 valence electrons. The van der Waals surface area contributed by atoms with Gasteiger partial charge >= 0.3 is 12.0 Å². The molecule has 1 heterocycles. The minimum Gasteiger partial charge on any atom is -0.222 e. The van der Waals surface area contributed by atoms with Gasteiger partial charge in [0.05, 0.1) is 11.1 Å². The second-order valence-electron chi connectivity index (χ2n) is 6.01. The molecular formula is C23H17ClO5. The van der Waals surface area contributed by atoms with Gasteiger partial charge in [-0.25, -0.2) is 23.1 Å². The molecule has 1 aromatic heterocycles. The Morgan fingerprint density at radius 1 is 0.517 bits per heavy atom. The third-order valence-electron chi connectivity index (χ3n) is 4.10. The molecule has 0 amide bonds. The lowest BCUT2D eigenvalue weighted by Crippen LogP contribution is -2.68. The molecule has 0 unspecified atom stereocenters. The Balaban J connectivity index is 0.000000431. The topological polar surface area (TPSA) is 104 Å². The Hall–Kier alpha value is -3.06. The van der Waals surface area contributed by atoms with Crippen molar-refractivity contribution in [2.45, 2.75) is 0 Å². The highest BCUT2D eigenvalue weighted by molar-refractivity contribution is 5.91. The molecule has 0 aliphatic rings. The number of hydrogen-bond donors (Lipinski definition) is 0. The van der Waals surface area contributed by atoms with E-state index in [1.807, 2.05) is 36.4 Å². The van der Waals surface area contributed by atoms with Gasteiger partial charge in [-0.2, -0.15) is 0 Å². The molecule has 0 radical (unpaired) electrons. The normalized spacial score (nSPS) is 10.8. The summed E-state index contributed by atoms with van der Waals surface area (Å²) in [6.07, 6.45) is 1.77. The molecule has 0 aliphatic carbocycles. The van der Waals surface area contributed by atoms with Gasteiger partial charge in [-0.15, -0.1) is 10.2 Å². The van der Waals surface area contributed by atoms with Crippen molar-refractivity contribution in [2.75, 3.05) is 0 Å². The number of halogens is 1. The van der Waals surface area contributed by atoms with E-state index in [0.717, 1.165) is 22.5 Å². The second-order valence-corrected chi connectivity index (χ2v) is 6.77. The zero-order valence-corrected chi connectivity index (χ0v) is 16.0.